The molecule has 3 rings (SSSR count). The Hall–Kier alpha value is -2.24. The van der Waals surface area contributed by atoms with Crippen LogP contribution in [0.1, 0.15) is 44.9 Å². The van der Waals surface area contributed by atoms with E-state index >= 15 is 0 Å². The van der Waals surface area contributed by atoms with Crippen LogP contribution in [-0.4, -0.2) is 61.5 Å². The number of hydrogen-bond donors (Lipinski definition) is 0. The average Bonchev–Trinajstić information content (AvgIpc) is 2.74. The van der Waals surface area contributed by atoms with Gasteiger partial charge in [0.25, 0.3) is 0 Å². The fourth-order valence-electron chi connectivity index (χ4n) is 3.99. The van der Waals surface area contributed by atoms with Gasteiger partial charge in [-0.05, 0) is 56.4 Å². The Kier molecular flexibility index (Phi) is 7.57. The van der Waals surface area contributed by atoms with Crippen LogP contribution in [-0.2, 0) is 9.59 Å². The molecule has 2 amide bonds. The van der Waals surface area contributed by atoms with E-state index in [0.29, 0.717) is 31.9 Å². The monoisotopic (exact) mass is 388 g/mol. The molecule has 28 heavy (non-hydrogen) atoms. The van der Waals surface area contributed by atoms with Crippen molar-refractivity contribution in [1.82, 2.24) is 9.80 Å². The predicted octanol–water partition coefficient (Wildman–Crippen LogP) is 3.11. The van der Waals surface area contributed by atoms with Crippen molar-refractivity contribution in [2.45, 2.75) is 44.9 Å². The highest BCUT2D eigenvalue weighted by Gasteiger charge is 2.24. The number of amides is 2. The van der Waals surface area contributed by atoms with E-state index in [1.807, 2.05) is 34.1 Å². The van der Waals surface area contributed by atoms with Crippen molar-refractivity contribution in [2.75, 3.05) is 39.9 Å². The van der Waals surface area contributed by atoms with Crippen LogP contribution in [0.2, 0.25) is 0 Å². The van der Waals surface area contributed by atoms with Gasteiger partial charge in [-0.3, -0.25) is 9.59 Å². The summed E-state index contributed by atoms with van der Waals surface area (Å²) in [4.78, 5) is 28.3. The number of methoxy groups -OCH3 is 1. The van der Waals surface area contributed by atoms with Gasteiger partial charge in [0.2, 0.25) is 11.8 Å². The number of ether oxygens (including phenoxy) is 2. The summed E-state index contributed by atoms with van der Waals surface area (Å²) >= 11 is 0. The molecule has 6 heteroatoms. The standard InChI is InChI=1S/C22H32N2O4/c1-27-19-9-11-20(12-10-19)28-17-18-6-4-15-24(16-18)22(26)8-5-14-23-13-3-2-7-21(23)25/h9-12,18H,2-8,13-17H2,1H3. The second kappa shape index (κ2) is 10.3. The van der Waals surface area contributed by atoms with Crippen LogP contribution in [0.25, 0.3) is 0 Å². The van der Waals surface area contributed by atoms with E-state index in [4.69, 9.17) is 9.47 Å². The number of hydrogen-bond acceptors (Lipinski definition) is 4. The van der Waals surface area contributed by atoms with Gasteiger partial charge in [-0.25, -0.2) is 0 Å². The molecule has 2 aliphatic rings. The lowest BCUT2D eigenvalue weighted by Gasteiger charge is -2.33. The van der Waals surface area contributed by atoms with Gasteiger partial charge in [-0.2, -0.15) is 0 Å². The van der Waals surface area contributed by atoms with Crippen molar-refractivity contribution in [3.05, 3.63) is 24.3 Å². The van der Waals surface area contributed by atoms with Gasteiger partial charge >= 0.3 is 0 Å². The minimum atomic E-state index is 0.207. The summed E-state index contributed by atoms with van der Waals surface area (Å²) in [6, 6.07) is 7.59. The van der Waals surface area contributed by atoms with Gasteiger partial charge in [0.05, 0.1) is 13.7 Å². The predicted molar refractivity (Wildman–Crippen MR) is 107 cm³/mol. The molecule has 2 fully saturated rings. The lowest BCUT2D eigenvalue weighted by atomic mass is 9.98. The smallest absolute Gasteiger partial charge is 0.222 e. The molecular weight excluding hydrogens is 356 g/mol. The number of benzene rings is 1. The van der Waals surface area contributed by atoms with Gasteiger partial charge in [0.1, 0.15) is 11.5 Å². The summed E-state index contributed by atoms with van der Waals surface area (Å²) in [7, 11) is 1.65. The zero-order chi connectivity index (χ0) is 19.8. The van der Waals surface area contributed by atoms with Crippen molar-refractivity contribution in [2.24, 2.45) is 5.92 Å². The maximum absolute atomic E-state index is 12.6. The molecule has 0 bridgehead atoms. The SMILES string of the molecule is COc1ccc(OCC2CCCN(C(=O)CCCN3CCCCC3=O)C2)cc1. The van der Waals surface area contributed by atoms with Gasteiger partial charge in [-0.15, -0.1) is 0 Å². The molecule has 2 aliphatic heterocycles. The van der Waals surface area contributed by atoms with Crippen LogP contribution in [0.4, 0.5) is 0 Å². The van der Waals surface area contributed by atoms with Crippen molar-refractivity contribution in [1.29, 1.82) is 0 Å². The summed E-state index contributed by atoms with van der Waals surface area (Å²) < 4.78 is 11.1. The van der Waals surface area contributed by atoms with Crippen LogP contribution in [0.5, 0.6) is 11.5 Å². The topological polar surface area (TPSA) is 59.1 Å². The first-order valence-corrected chi connectivity index (χ1v) is 10.5. The number of nitrogens with zero attached hydrogens (tertiary/aromatic N) is 2. The van der Waals surface area contributed by atoms with E-state index in [0.717, 1.165) is 63.2 Å². The number of piperidine rings is 2. The molecule has 0 saturated carbocycles. The van der Waals surface area contributed by atoms with Crippen LogP contribution in [0.3, 0.4) is 0 Å². The van der Waals surface area contributed by atoms with E-state index < -0.39 is 0 Å². The Bertz CT molecular complexity index is 646. The molecule has 1 aromatic carbocycles. The molecule has 2 heterocycles. The lowest BCUT2D eigenvalue weighted by molar-refractivity contribution is -0.136. The van der Waals surface area contributed by atoms with Crippen LogP contribution < -0.4 is 9.47 Å². The third kappa shape index (κ3) is 5.88. The first-order valence-electron chi connectivity index (χ1n) is 10.5. The Morgan fingerprint density at radius 1 is 1.11 bits per heavy atom. The summed E-state index contributed by atoms with van der Waals surface area (Å²) in [6.45, 7) is 3.78. The average molecular weight is 389 g/mol. The number of carbonyl (C=O) groups excluding carboxylic acids is 2. The highest BCUT2D eigenvalue weighted by molar-refractivity contribution is 5.77. The normalized spacial score (nSPS) is 20.2. The fourth-order valence-corrected chi connectivity index (χ4v) is 3.99. The second-order valence-electron chi connectivity index (χ2n) is 7.78. The van der Waals surface area contributed by atoms with Gasteiger partial charge in [0.15, 0.2) is 0 Å². The highest BCUT2D eigenvalue weighted by atomic mass is 16.5. The molecule has 0 spiro atoms. The molecule has 154 valence electrons. The molecule has 1 atom stereocenters. The molecule has 0 N–H and O–H groups in total. The Labute approximate surface area is 167 Å². The number of carbonyl (C=O) groups is 2. The maximum atomic E-state index is 12.6. The van der Waals surface area contributed by atoms with E-state index in [1.54, 1.807) is 7.11 Å². The number of rotatable bonds is 8. The Balaban J connectivity index is 1.38. The largest absolute Gasteiger partial charge is 0.497 e. The van der Waals surface area contributed by atoms with Crippen molar-refractivity contribution in [3.63, 3.8) is 0 Å². The van der Waals surface area contributed by atoms with E-state index in [-0.39, 0.29) is 11.8 Å². The van der Waals surface area contributed by atoms with Gasteiger partial charge < -0.3 is 19.3 Å². The molecule has 0 aromatic heterocycles. The summed E-state index contributed by atoms with van der Waals surface area (Å²) in [6.07, 6.45) is 6.14. The number of likely N-dealkylation sites (tertiary alicyclic amines) is 2. The summed E-state index contributed by atoms with van der Waals surface area (Å²) in [5.74, 6) is 2.46. The molecule has 1 unspecified atom stereocenters. The molecule has 6 nitrogen and oxygen atoms in total. The Morgan fingerprint density at radius 2 is 1.89 bits per heavy atom. The van der Waals surface area contributed by atoms with Crippen LogP contribution in [0.15, 0.2) is 24.3 Å². The summed E-state index contributed by atoms with van der Waals surface area (Å²) in [5.41, 5.74) is 0. The third-order valence-corrected chi connectivity index (χ3v) is 5.66. The van der Waals surface area contributed by atoms with Gasteiger partial charge in [0, 0.05) is 44.9 Å². The minimum Gasteiger partial charge on any atom is -0.497 e. The molecule has 0 aliphatic carbocycles. The zero-order valence-corrected chi connectivity index (χ0v) is 16.9. The maximum Gasteiger partial charge on any atom is 0.222 e. The quantitative estimate of drug-likeness (QED) is 0.687. The van der Waals surface area contributed by atoms with Crippen molar-refractivity contribution >= 4 is 11.8 Å². The first-order chi connectivity index (χ1) is 13.7. The Morgan fingerprint density at radius 3 is 2.64 bits per heavy atom. The van der Waals surface area contributed by atoms with E-state index in [2.05, 4.69) is 0 Å². The van der Waals surface area contributed by atoms with Crippen molar-refractivity contribution < 1.29 is 19.1 Å². The van der Waals surface area contributed by atoms with E-state index in [1.165, 1.54) is 0 Å². The fraction of sp³-hybridized carbons (Fsp3) is 0.636. The van der Waals surface area contributed by atoms with Crippen LogP contribution >= 0.6 is 0 Å². The summed E-state index contributed by atoms with van der Waals surface area (Å²) in [5, 5.41) is 0. The lowest BCUT2D eigenvalue weighted by Crippen LogP contribution is -2.42. The molecular formula is C22H32N2O4. The molecule has 0 radical (unpaired) electrons. The van der Waals surface area contributed by atoms with Crippen molar-refractivity contribution in [3.8, 4) is 11.5 Å². The van der Waals surface area contributed by atoms with E-state index in [9.17, 15) is 9.59 Å². The molecule has 2 saturated heterocycles. The van der Waals surface area contributed by atoms with Gasteiger partial charge in [-0.1, -0.05) is 0 Å². The second-order valence-corrected chi connectivity index (χ2v) is 7.78. The first kappa shape index (κ1) is 20.5. The third-order valence-electron chi connectivity index (χ3n) is 5.66. The highest BCUT2D eigenvalue weighted by Crippen LogP contribution is 2.21. The minimum absolute atomic E-state index is 0.207. The van der Waals surface area contributed by atoms with Crippen LogP contribution in [0, 0.1) is 5.92 Å². The molecule has 1 aromatic rings. The zero-order valence-electron chi connectivity index (χ0n) is 16.9.